The van der Waals surface area contributed by atoms with E-state index in [1.165, 1.54) is 10.4 Å². The van der Waals surface area contributed by atoms with E-state index in [1.807, 2.05) is 51.1 Å². The lowest BCUT2D eigenvalue weighted by Gasteiger charge is -2.31. The molecule has 0 saturated heterocycles. The number of rotatable bonds is 10. The van der Waals surface area contributed by atoms with Crippen molar-refractivity contribution >= 4 is 27.0 Å². The summed E-state index contributed by atoms with van der Waals surface area (Å²) in [5, 5.41) is 21.8. The van der Waals surface area contributed by atoms with E-state index in [-0.39, 0.29) is 23.9 Å². The lowest BCUT2D eigenvalue weighted by molar-refractivity contribution is 0.0400. The molecule has 3 N–H and O–H groups in total. The van der Waals surface area contributed by atoms with Gasteiger partial charge in [0.05, 0.1) is 22.6 Å². The van der Waals surface area contributed by atoms with E-state index in [0.29, 0.717) is 11.9 Å². The van der Waals surface area contributed by atoms with Gasteiger partial charge in [-0.3, -0.25) is 5.10 Å². The van der Waals surface area contributed by atoms with Crippen molar-refractivity contribution in [3.63, 3.8) is 0 Å². The molecule has 3 rings (SSSR count). The van der Waals surface area contributed by atoms with Crippen LogP contribution in [0.1, 0.15) is 45.9 Å². The van der Waals surface area contributed by atoms with Crippen LogP contribution in [0.15, 0.2) is 53.4 Å². The number of H-pyrrole nitrogens is 1. The fourth-order valence-electron chi connectivity index (χ4n) is 4.05. The molecule has 0 spiro atoms. The molecule has 0 unspecified atom stereocenters. The minimum atomic E-state index is -3.95. The fraction of sp³-hybridized carbons (Fsp3) is 0.481. The highest BCUT2D eigenvalue weighted by Gasteiger charge is 2.32. The maximum absolute atomic E-state index is 13.7. The molecule has 1 aromatic heterocycles. The fourth-order valence-corrected chi connectivity index (χ4v) is 5.70. The molecule has 3 aromatic rings. The van der Waals surface area contributed by atoms with E-state index in [9.17, 15) is 18.3 Å². The van der Waals surface area contributed by atoms with Crippen LogP contribution in [0.4, 0.5) is 4.79 Å². The van der Waals surface area contributed by atoms with Gasteiger partial charge in [-0.2, -0.15) is 9.40 Å². The Hall–Kier alpha value is -2.95. The van der Waals surface area contributed by atoms with E-state index in [0.717, 1.165) is 16.6 Å². The van der Waals surface area contributed by atoms with Gasteiger partial charge in [0, 0.05) is 24.2 Å². The second kappa shape index (κ2) is 11.6. The predicted molar refractivity (Wildman–Crippen MR) is 144 cm³/mol. The van der Waals surface area contributed by atoms with Gasteiger partial charge < -0.3 is 15.2 Å². The second-order valence-corrected chi connectivity index (χ2v) is 12.7. The molecular weight excluding hydrogens is 492 g/mol. The van der Waals surface area contributed by atoms with Crippen molar-refractivity contribution in [3.8, 4) is 0 Å². The Morgan fingerprint density at radius 1 is 1.14 bits per heavy atom. The van der Waals surface area contributed by atoms with Crippen LogP contribution in [0.3, 0.4) is 0 Å². The number of nitrogens with one attached hydrogen (secondary N) is 2. The number of fused-ring (bicyclic) bond motifs is 1. The number of benzene rings is 2. The average Bonchev–Trinajstić information content (AvgIpc) is 3.17. The highest BCUT2D eigenvalue weighted by atomic mass is 32.2. The summed E-state index contributed by atoms with van der Waals surface area (Å²) >= 11 is 0. The van der Waals surface area contributed by atoms with Crippen LogP contribution >= 0.6 is 0 Å². The number of ether oxygens (including phenoxy) is 1. The minimum absolute atomic E-state index is 0.00718. The first-order valence-electron chi connectivity index (χ1n) is 12.4. The molecule has 10 heteroatoms. The van der Waals surface area contributed by atoms with Gasteiger partial charge in [-0.15, -0.1) is 0 Å². The monoisotopic (exact) mass is 530 g/mol. The van der Waals surface area contributed by atoms with E-state index < -0.39 is 33.9 Å². The number of alkyl carbamates (subject to hydrolysis) is 1. The molecule has 2 atom stereocenters. The zero-order valence-electron chi connectivity index (χ0n) is 22.4. The summed E-state index contributed by atoms with van der Waals surface area (Å²) in [5.74, 6) is 0.00718. The molecular formula is C27H38N4O5S. The number of sulfonamides is 1. The van der Waals surface area contributed by atoms with Crippen molar-refractivity contribution in [3.05, 3.63) is 59.8 Å². The summed E-state index contributed by atoms with van der Waals surface area (Å²) in [6.45, 7) is 10.9. The van der Waals surface area contributed by atoms with Crippen molar-refractivity contribution in [1.82, 2.24) is 19.8 Å². The van der Waals surface area contributed by atoms with E-state index in [1.54, 1.807) is 32.9 Å². The van der Waals surface area contributed by atoms with Gasteiger partial charge >= 0.3 is 6.09 Å². The first-order chi connectivity index (χ1) is 17.3. The number of aryl methyl sites for hydroxylation is 1. The Labute approximate surface area is 219 Å². The number of aliphatic hydroxyl groups excluding tert-OH is 1. The first kappa shape index (κ1) is 28.6. The number of hydrogen-bond acceptors (Lipinski definition) is 6. The summed E-state index contributed by atoms with van der Waals surface area (Å²) in [6.07, 6.45) is -1.57. The SMILES string of the molecule is Cc1[nH]nc2ccc(S(=O)(=O)N(CC(C)C)C[C@@H](O)[C@H](Cc3ccccc3)NC(=O)OC(C)(C)C)cc12. The number of carbonyl (C=O) groups is 1. The van der Waals surface area contributed by atoms with Crippen LogP contribution in [0.5, 0.6) is 0 Å². The summed E-state index contributed by atoms with van der Waals surface area (Å²) in [4.78, 5) is 12.7. The van der Waals surface area contributed by atoms with Gasteiger partial charge in [-0.1, -0.05) is 44.2 Å². The third-order valence-corrected chi connectivity index (χ3v) is 7.61. The van der Waals surface area contributed by atoms with Crippen molar-refractivity contribution in [2.24, 2.45) is 5.92 Å². The van der Waals surface area contributed by atoms with Gasteiger partial charge in [-0.25, -0.2) is 13.2 Å². The highest BCUT2D eigenvalue weighted by molar-refractivity contribution is 7.89. The number of aromatic nitrogens is 2. The molecule has 37 heavy (non-hydrogen) atoms. The van der Waals surface area contributed by atoms with Crippen LogP contribution in [0, 0.1) is 12.8 Å². The summed E-state index contributed by atoms with van der Waals surface area (Å²) in [7, 11) is -3.95. The maximum atomic E-state index is 13.7. The third-order valence-electron chi connectivity index (χ3n) is 5.78. The van der Waals surface area contributed by atoms with E-state index in [4.69, 9.17) is 4.74 Å². The predicted octanol–water partition coefficient (Wildman–Crippen LogP) is 4.01. The summed E-state index contributed by atoms with van der Waals surface area (Å²) < 4.78 is 34.2. The number of amides is 1. The number of carbonyl (C=O) groups excluding carboxylic acids is 1. The molecule has 0 aliphatic carbocycles. The van der Waals surface area contributed by atoms with Crippen LogP contribution in [-0.4, -0.2) is 65.0 Å². The first-order valence-corrected chi connectivity index (χ1v) is 13.9. The van der Waals surface area contributed by atoms with Crippen LogP contribution < -0.4 is 5.32 Å². The van der Waals surface area contributed by atoms with Crippen molar-refractivity contribution in [2.75, 3.05) is 13.1 Å². The molecule has 1 heterocycles. The zero-order chi connectivity index (χ0) is 27.4. The van der Waals surface area contributed by atoms with Crippen molar-refractivity contribution < 1.29 is 23.1 Å². The molecule has 202 valence electrons. The Kier molecular flexibility index (Phi) is 8.99. The molecule has 0 aliphatic heterocycles. The van der Waals surface area contributed by atoms with Gasteiger partial charge in [0.15, 0.2) is 0 Å². The molecule has 9 nitrogen and oxygen atoms in total. The standard InChI is InChI=1S/C27H38N4O5S/c1-18(2)16-31(37(34,35)21-12-13-23-22(15-21)19(3)29-30-23)17-25(32)24(14-20-10-8-7-9-11-20)28-26(33)36-27(4,5)6/h7-13,15,18,24-25,32H,14,16-17H2,1-6H3,(H,28,33)(H,29,30)/t24-,25+/m0/s1. The molecule has 0 aliphatic rings. The van der Waals surface area contributed by atoms with Crippen LogP contribution in [-0.2, 0) is 21.2 Å². The second-order valence-electron chi connectivity index (χ2n) is 10.8. The topological polar surface area (TPSA) is 125 Å². The van der Waals surface area contributed by atoms with E-state index in [2.05, 4.69) is 15.5 Å². The molecule has 0 fully saturated rings. The van der Waals surface area contributed by atoms with Crippen LogP contribution in [0.2, 0.25) is 0 Å². The van der Waals surface area contributed by atoms with Gasteiger partial charge in [0.25, 0.3) is 0 Å². The molecule has 0 saturated carbocycles. The lowest BCUT2D eigenvalue weighted by atomic mass is 10.0. The normalized spacial score (nSPS) is 14.2. The van der Waals surface area contributed by atoms with Gasteiger partial charge in [0.2, 0.25) is 10.0 Å². The molecule has 0 radical (unpaired) electrons. The lowest BCUT2D eigenvalue weighted by Crippen LogP contribution is -2.51. The number of aromatic amines is 1. The summed E-state index contributed by atoms with van der Waals surface area (Å²) in [6, 6.07) is 13.4. The van der Waals surface area contributed by atoms with Crippen molar-refractivity contribution in [1.29, 1.82) is 0 Å². The largest absolute Gasteiger partial charge is 0.444 e. The van der Waals surface area contributed by atoms with Crippen LogP contribution in [0.25, 0.3) is 10.9 Å². The maximum Gasteiger partial charge on any atom is 0.407 e. The molecule has 0 bridgehead atoms. The van der Waals surface area contributed by atoms with Gasteiger partial charge in [0.1, 0.15) is 5.60 Å². The number of nitrogens with zero attached hydrogens (tertiary/aromatic N) is 2. The quantitative estimate of drug-likeness (QED) is 0.364. The zero-order valence-corrected chi connectivity index (χ0v) is 23.2. The Morgan fingerprint density at radius 3 is 2.43 bits per heavy atom. The Balaban J connectivity index is 1.90. The number of aliphatic hydroxyl groups is 1. The number of hydrogen-bond donors (Lipinski definition) is 3. The Morgan fingerprint density at radius 2 is 1.81 bits per heavy atom. The minimum Gasteiger partial charge on any atom is -0.444 e. The summed E-state index contributed by atoms with van der Waals surface area (Å²) in [5.41, 5.74) is 1.62. The van der Waals surface area contributed by atoms with E-state index >= 15 is 0 Å². The highest BCUT2D eigenvalue weighted by Crippen LogP contribution is 2.24. The molecule has 2 aromatic carbocycles. The Bertz CT molecular complexity index is 1300. The average molecular weight is 531 g/mol. The third kappa shape index (κ3) is 7.77. The van der Waals surface area contributed by atoms with Crippen molar-refractivity contribution in [2.45, 2.75) is 70.6 Å². The van der Waals surface area contributed by atoms with Gasteiger partial charge in [-0.05, 0) is 63.8 Å². The smallest absolute Gasteiger partial charge is 0.407 e. The molecule has 1 amide bonds.